The van der Waals surface area contributed by atoms with Gasteiger partial charge in [-0.25, -0.2) is 0 Å². The molecule has 1 N–H and O–H groups in total. The van der Waals surface area contributed by atoms with Crippen molar-refractivity contribution in [1.82, 2.24) is 0 Å². The molecule has 0 bridgehead atoms. The van der Waals surface area contributed by atoms with Gasteiger partial charge >= 0.3 is 0 Å². The van der Waals surface area contributed by atoms with Gasteiger partial charge in [-0.1, -0.05) is 35.9 Å². The number of carbonyl (C=O) groups excluding carboxylic acids is 1. The largest absolute Gasteiger partial charge is 0.508 e. The third-order valence-corrected chi connectivity index (χ3v) is 2.43. The van der Waals surface area contributed by atoms with Gasteiger partial charge in [0.15, 0.2) is 5.78 Å². The van der Waals surface area contributed by atoms with Crippen LogP contribution in [-0.2, 0) is 0 Å². The monoisotopic (exact) mass is 232 g/mol. The van der Waals surface area contributed by atoms with E-state index in [0.29, 0.717) is 16.1 Å². The zero-order valence-corrected chi connectivity index (χ0v) is 9.11. The number of phenols is 1. The van der Waals surface area contributed by atoms with Gasteiger partial charge in [-0.15, -0.1) is 0 Å². The van der Waals surface area contributed by atoms with Crippen LogP contribution in [-0.4, -0.2) is 10.9 Å². The second kappa shape index (κ2) is 4.37. The first-order chi connectivity index (χ1) is 7.66. The highest BCUT2D eigenvalue weighted by Crippen LogP contribution is 2.17. The molecule has 0 fully saturated rings. The first-order valence-corrected chi connectivity index (χ1v) is 5.14. The molecule has 2 nitrogen and oxygen atoms in total. The Labute approximate surface area is 98.1 Å². The van der Waals surface area contributed by atoms with Crippen molar-refractivity contribution in [3.05, 3.63) is 64.7 Å². The van der Waals surface area contributed by atoms with Crippen LogP contribution in [0.4, 0.5) is 0 Å². The van der Waals surface area contributed by atoms with E-state index in [1.807, 2.05) is 0 Å². The Morgan fingerprint density at radius 2 is 1.62 bits per heavy atom. The van der Waals surface area contributed by atoms with Gasteiger partial charge in [0.05, 0.1) is 0 Å². The summed E-state index contributed by atoms with van der Waals surface area (Å²) in [5.41, 5.74) is 0.959. The molecule has 0 saturated heterocycles. The molecule has 0 radical (unpaired) electrons. The zero-order chi connectivity index (χ0) is 11.5. The molecule has 0 unspecified atom stereocenters. The maximum absolute atomic E-state index is 12.0. The van der Waals surface area contributed by atoms with Gasteiger partial charge in [0.25, 0.3) is 0 Å². The van der Waals surface area contributed by atoms with Gasteiger partial charge in [0, 0.05) is 16.1 Å². The van der Waals surface area contributed by atoms with E-state index in [4.69, 9.17) is 11.6 Å². The molecule has 0 amide bonds. The van der Waals surface area contributed by atoms with Crippen molar-refractivity contribution in [3.8, 4) is 5.75 Å². The minimum Gasteiger partial charge on any atom is -0.508 e. The predicted octanol–water partition coefficient (Wildman–Crippen LogP) is 3.28. The molecule has 0 aliphatic rings. The topological polar surface area (TPSA) is 37.3 Å². The van der Waals surface area contributed by atoms with Crippen LogP contribution in [0.3, 0.4) is 0 Å². The van der Waals surface area contributed by atoms with Crippen LogP contribution in [0.1, 0.15) is 15.9 Å². The number of carbonyl (C=O) groups is 1. The molecule has 2 rings (SSSR count). The average Bonchev–Trinajstić information content (AvgIpc) is 2.28. The van der Waals surface area contributed by atoms with Gasteiger partial charge in [-0.05, 0) is 24.3 Å². The highest BCUT2D eigenvalue weighted by molar-refractivity contribution is 6.31. The number of phenolic OH excluding ortho intramolecular Hbond substituents is 1. The maximum Gasteiger partial charge on any atom is 0.193 e. The lowest BCUT2D eigenvalue weighted by Crippen LogP contribution is -2.00. The van der Waals surface area contributed by atoms with E-state index < -0.39 is 0 Å². The lowest BCUT2D eigenvalue weighted by Gasteiger charge is -2.02. The Hall–Kier alpha value is -1.80. The van der Waals surface area contributed by atoms with Crippen LogP contribution in [0.15, 0.2) is 48.5 Å². The smallest absolute Gasteiger partial charge is 0.193 e. The first-order valence-electron chi connectivity index (χ1n) is 4.76. The number of rotatable bonds is 2. The summed E-state index contributed by atoms with van der Waals surface area (Å²) in [6.07, 6.45) is 0. The fourth-order valence-corrected chi connectivity index (χ4v) is 1.63. The molecule has 0 heterocycles. The summed E-state index contributed by atoms with van der Waals surface area (Å²) in [6.45, 7) is 0. The Bertz CT molecular complexity index is 487. The summed E-state index contributed by atoms with van der Waals surface area (Å²) < 4.78 is 0. The molecule has 0 aliphatic carbocycles. The van der Waals surface area contributed by atoms with E-state index in [2.05, 4.69) is 0 Å². The summed E-state index contributed by atoms with van der Waals surface area (Å²) in [5.74, 6) is -0.0775. The van der Waals surface area contributed by atoms with E-state index in [0.717, 1.165) is 0 Å². The van der Waals surface area contributed by atoms with Gasteiger partial charge in [-0.3, -0.25) is 4.79 Å². The summed E-state index contributed by atoms with van der Waals surface area (Å²) in [5, 5.41) is 9.80. The minimum atomic E-state index is -0.154. The van der Waals surface area contributed by atoms with Crippen molar-refractivity contribution in [1.29, 1.82) is 0 Å². The van der Waals surface area contributed by atoms with E-state index in [9.17, 15) is 9.90 Å². The predicted molar refractivity (Wildman–Crippen MR) is 63.0 cm³/mol. The highest BCUT2D eigenvalue weighted by atomic mass is 35.5. The van der Waals surface area contributed by atoms with Crippen LogP contribution in [0, 0.1) is 0 Å². The Kier molecular flexibility index (Phi) is 2.93. The van der Waals surface area contributed by atoms with Crippen molar-refractivity contribution < 1.29 is 9.90 Å². The number of halogens is 1. The van der Waals surface area contributed by atoms with Crippen LogP contribution in [0.5, 0.6) is 5.75 Å². The second-order valence-corrected chi connectivity index (χ2v) is 3.83. The normalized spacial score (nSPS) is 10.1. The van der Waals surface area contributed by atoms with Crippen molar-refractivity contribution in [2.75, 3.05) is 0 Å². The molecule has 2 aromatic rings. The number of hydrogen-bond donors (Lipinski definition) is 1. The first kappa shape index (κ1) is 10.7. The molecule has 0 aliphatic heterocycles. The lowest BCUT2D eigenvalue weighted by molar-refractivity contribution is 0.103. The summed E-state index contributed by atoms with van der Waals surface area (Å²) >= 11 is 5.81. The van der Waals surface area contributed by atoms with Gasteiger partial charge in [0.2, 0.25) is 0 Å². The standard InChI is InChI=1S/C13H9ClO2/c14-11-5-1-3-9(7-11)13(16)10-4-2-6-12(15)8-10/h1-8,15H. The van der Waals surface area contributed by atoms with Gasteiger partial charge in [-0.2, -0.15) is 0 Å². The molecule has 0 atom stereocenters. The van der Waals surface area contributed by atoms with E-state index in [1.54, 1.807) is 36.4 Å². The molecule has 2 aromatic carbocycles. The van der Waals surface area contributed by atoms with Crippen molar-refractivity contribution >= 4 is 17.4 Å². The van der Waals surface area contributed by atoms with E-state index >= 15 is 0 Å². The molecule has 0 spiro atoms. The van der Waals surface area contributed by atoms with E-state index in [1.165, 1.54) is 12.1 Å². The molecule has 16 heavy (non-hydrogen) atoms. The van der Waals surface area contributed by atoms with Crippen molar-refractivity contribution in [2.24, 2.45) is 0 Å². The summed E-state index contributed by atoms with van der Waals surface area (Å²) in [7, 11) is 0. The van der Waals surface area contributed by atoms with Crippen molar-refractivity contribution in [2.45, 2.75) is 0 Å². The third-order valence-electron chi connectivity index (χ3n) is 2.20. The third kappa shape index (κ3) is 2.23. The molecule has 0 aromatic heterocycles. The van der Waals surface area contributed by atoms with Crippen LogP contribution >= 0.6 is 11.6 Å². The Balaban J connectivity index is 2.39. The van der Waals surface area contributed by atoms with Crippen LogP contribution in [0.2, 0.25) is 5.02 Å². The molecule has 3 heteroatoms. The Morgan fingerprint density at radius 3 is 2.25 bits per heavy atom. The molecular formula is C13H9ClO2. The molecule has 80 valence electrons. The zero-order valence-electron chi connectivity index (χ0n) is 8.35. The fraction of sp³-hybridized carbons (Fsp3) is 0. The fourth-order valence-electron chi connectivity index (χ4n) is 1.44. The minimum absolute atomic E-state index is 0.0767. The van der Waals surface area contributed by atoms with Gasteiger partial charge in [0.1, 0.15) is 5.75 Å². The molecule has 0 saturated carbocycles. The Morgan fingerprint density at radius 1 is 1.00 bits per heavy atom. The van der Waals surface area contributed by atoms with Crippen molar-refractivity contribution in [3.63, 3.8) is 0 Å². The SMILES string of the molecule is O=C(c1cccc(O)c1)c1cccc(Cl)c1. The quantitative estimate of drug-likeness (QED) is 0.807. The summed E-state index contributed by atoms with van der Waals surface area (Å²) in [6, 6.07) is 13.0. The number of aromatic hydroxyl groups is 1. The van der Waals surface area contributed by atoms with Gasteiger partial charge < -0.3 is 5.11 Å². The lowest BCUT2D eigenvalue weighted by atomic mass is 10.0. The number of ketones is 1. The number of hydrogen-bond acceptors (Lipinski definition) is 2. The van der Waals surface area contributed by atoms with E-state index in [-0.39, 0.29) is 11.5 Å². The second-order valence-electron chi connectivity index (χ2n) is 3.39. The highest BCUT2D eigenvalue weighted by Gasteiger charge is 2.09. The number of benzene rings is 2. The average molecular weight is 233 g/mol. The maximum atomic E-state index is 12.0. The summed E-state index contributed by atoms with van der Waals surface area (Å²) in [4.78, 5) is 12.0. The van der Waals surface area contributed by atoms with Crippen LogP contribution in [0.25, 0.3) is 0 Å². The van der Waals surface area contributed by atoms with Crippen LogP contribution < -0.4 is 0 Å². The molecular weight excluding hydrogens is 224 g/mol.